The van der Waals surface area contributed by atoms with E-state index >= 15 is 0 Å². The van der Waals surface area contributed by atoms with Gasteiger partial charge in [-0.05, 0) is 30.4 Å². The molecule has 2 N–H and O–H groups in total. The van der Waals surface area contributed by atoms with Crippen molar-refractivity contribution in [1.82, 2.24) is 14.9 Å². The normalized spacial score (nSPS) is 19.6. The van der Waals surface area contributed by atoms with Gasteiger partial charge in [-0.25, -0.2) is 0 Å². The first kappa shape index (κ1) is 13.2. The zero-order valence-corrected chi connectivity index (χ0v) is 10.9. The lowest BCUT2D eigenvalue weighted by atomic mass is 10.2. The fraction of sp³-hybridized carbons (Fsp3) is 0.333. The van der Waals surface area contributed by atoms with Crippen LogP contribution in [0.25, 0.3) is 11.0 Å². The number of aromatic amines is 1. The van der Waals surface area contributed by atoms with Crippen molar-refractivity contribution in [2.75, 3.05) is 6.54 Å². The molecule has 2 heterocycles. The van der Waals surface area contributed by atoms with E-state index in [1.807, 2.05) is 0 Å². The molecular weight excluding hydrogens is 291 g/mol. The number of hydrogen-bond acceptors (Lipinski definition) is 2. The van der Waals surface area contributed by atoms with Crippen LogP contribution >= 0.6 is 12.2 Å². The van der Waals surface area contributed by atoms with Gasteiger partial charge in [-0.1, -0.05) is 0 Å². The third-order valence-electron chi connectivity index (χ3n) is 3.36. The molecule has 1 aromatic carbocycles. The first-order valence-electron chi connectivity index (χ1n) is 5.94. The number of hydrogen-bond donors (Lipinski definition) is 2. The van der Waals surface area contributed by atoms with Crippen molar-refractivity contribution in [3.05, 3.63) is 28.5 Å². The van der Waals surface area contributed by atoms with Gasteiger partial charge in [0.1, 0.15) is 0 Å². The highest BCUT2D eigenvalue weighted by Crippen LogP contribution is 2.32. The van der Waals surface area contributed by atoms with Gasteiger partial charge in [-0.3, -0.25) is 4.79 Å². The Hall–Kier alpha value is -1.83. The van der Waals surface area contributed by atoms with E-state index < -0.39 is 11.7 Å². The van der Waals surface area contributed by atoms with Crippen LogP contribution in [0.1, 0.15) is 18.0 Å². The number of fused-ring (bicyclic) bond motifs is 1. The van der Waals surface area contributed by atoms with Crippen LogP contribution in [0.4, 0.5) is 13.2 Å². The monoisotopic (exact) mass is 301 g/mol. The van der Waals surface area contributed by atoms with Gasteiger partial charge < -0.3 is 14.9 Å². The van der Waals surface area contributed by atoms with E-state index in [4.69, 9.17) is 12.2 Å². The highest BCUT2D eigenvalue weighted by molar-refractivity contribution is 7.71. The van der Waals surface area contributed by atoms with Crippen LogP contribution in [-0.4, -0.2) is 22.0 Å². The van der Waals surface area contributed by atoms with Crippen LogP contribution in [0.5, 0.6) is 0 Å². The molecule has 1 aromatic heterocycles. The molecule has 1 unspecified atom stereocenters. The minimum absolute atomic E-state index is 0.0850. The van der Waals surface area contributed by atoms with Crippen LogP contribution in [-0.2, 0) is 11.0 Å². The van der Waals surface area contributed by atoms with Crippen molar-refractivity contribution in [1.29, 1.82) is 0 Å². The summed E-state index contributed by atoms with van der Waals surface area (Å²) in [5.41, 5.74) is 0.169. The minimum atomic E-state index is -4.39. The van der Waals surface area contributed by atoms with Crippen molar-refractivity contribution in [2.24, 2.45) is 0 Å². The van der Waals surface area contributed by atoms with Crippen LogP contribution in [0.2, 0.25) is 0 Å². The highest BCUT2D eigenvalue weighted by Gasteiger charge is 2.31. The first-order chi connectivity index (χ1) is 9.36. The quantitative estimate of drug-likeness (QED) is 0.796. The molecule has 4 nitrogen and oxygen atoms in total. The molecule has 0 saturated carbocycles. The van der Waals surface area contributed by atoms with Gasteiger partial charge in [0, 0.05) is 13.0 Å². The van der Waals surface area contributed by atoms with E-state index in [0.29, 0.717) is 22.3 Å². The summed E-state index contributed by atoms with van der Waals surface area (Å²) in [5.74, 6) is -0.0850. The number of imidazole rings is 1. The van der Waals surface area contributed by atoms with Crippen LogP contribution < -0.4 is 5.32 Å². The lowest BCUT2D eigenvalue weighted by molar-refractivity contribution is -0.137. The van der Waals surface area contributed by atoms with Crippen molar-refractivity contribution in [2.45, 2.75) is 18.6 Å². The topological polar surface area (TPSA) is 49.8 Å². The Balaban J connectivity index is 2.13. The number of H-pyrrole nitrogens is 1. The third kappa shape index (κ3) is 2.09. The predicted molar refractivity (Wildman–Crippen MR) is 68.8 cm³/mol. The molecule has 0 radical (unpaired) electrons. The lowest BCUT2D eigenvalue weighted by Gasteiger charge is -2.11. The van der Waals surface area contributed by atoms with Gasteiger partial charge in [-0.2, -0.15) is 13.2 Å². The molecule has 0 bridgehead atoms. The largest absolute Gasteiger partial charge is 0.416 e. The van der Waals surface area contributed by atoms with Gasteiger partial charge >= 0.3 is 6.18 Å². The molecule has 2 aromatic rings. The molecule has 1 saturated heterocycles. The smallest absolute Gasteiger partial charge is 0.354 e. The number of halogens is 3. The van der Waals surface area contributed by atoms with Gasteiger partial charge in [0.2, 0.25) is 5.91 Å². The summed E-state index contributed by atoms with van der Waals surface area (Å²) in [5, 5.41) is 2.69. The number of benzene rings is 1. The second kappa shape index (κ2) is 4.34. The highest BCUT2D eigenvalue weighted by atomic mass is 32.1. The fourth-order valence-corrected chi connectivity index (χ4v) is 2.80. The molecule has 0 spiro atoms. The Morgan fingerprint density at radius 1 is 1.35 bits per heavy atom. The number of carbonyl (C=O) groups is 1. The van der Waals surface area contributed by atoms with Crippen molar-refractivity contribution < 1.29 is 18.0 Å². The molecule has 20 heavy (non-hydrogen) atoms. The molecule has 8 heteroatoms. The van der Waals surface area contributed by atoms with E-state index in [-0.39, 0.29) is 18.4 Å². The van der Waals surface area contributed by atoms with Gasteiger partial charge in [0.25, 0.3) is 0 Å². The molecule has 1 atom stereocenters. The van der Waals surface area contributed by atoms with E-state index in [1.165, 1.54) is 6.07 Å². The van der Waals surface area contributed by atoms with Gasteiger partial charge in [0.05, 0.1) is 22.6 Å². The molecule has 1 amide bonds. The summed E-state index contributed by atoms with van der Waals surface area (Å²) in [4.78, 5) is 14.0. The summed E-state index contributed by atoms with van der Waals surface area (Å²) in [6.07, 6.45) is -4.11. The zero-order chi connectivity index (χ0) is 14.5. The Morgan fingerprint density at radius 2 is 2.10 bits per heavy atom. The second-order valence-corrected chi connectivity index (χ2v) is 5.08. The summed E-state index contributed by atoms with van der Waals surface area (Å²) < 4.78 is 40.0. The van der Waals surface area contributed by atoms with Crippen LogP contribution in [0.15, 0.2) is 18.2 Å². The molecular formula is C12H10F3N3OS. The Labute approximate surface area is 116 Å². The maximum absolute atomic E-state index is 12.7. The standard InChI is InChI=1S/C12H10F3N3OS/c13-12(14,15)6-1-2-9-8(3-6)17-11(20)18(9)7-4-10(19)16-5-7/h1-3,7H,4-5H2,(H,16,19)(H,17,20). The summed E-state index contributed by atoms with van der Waals surface area (Å²) >= 11 is 5.15. The number of rotatable bonds is 1. The molecule has 0 aliphatic carbocycles. The molecule has 106 valence electrons. The van der Waals surface area contributed by atoms with E-state index in [2.05, 4.69) is 10.3 Å². The number of carbonyl (C=O) groups excluding carboxylic acids is 1. The number of aromatic nitrogens is 2. The maximum atomic E-state index is 12.7. The molecule has 1 aliphatic rings. The summed E-state index contributed by atoms with van der Waals surface area (Å²) in [6.45, 7) is 0.432. The Bertz CT molecular complexity index is 746. The van der Waals surface area contributed by atoms with Crippen molar-refractivity contribution >= 4 is 29.2 Å². The Morgan fingerprint density at radius 3 is 2.70 bits per heavy atom. The predicted octanol–water partition coefficient (Wildman–Crippen LogP) is 2.78. The van der Waals surface area contributed by atoms with Gasteiger partial charge in [0.15, 0.2) is 4.77 Å². The number of nitrogens with one attached hydrogen (secondary N) is 2. The molecule has 3 rings (SSSR count). The second-order valence-electron chi connectivity index (χ2n) is 4.69. The zero-order valence-electron chi connectivity index (χ0n) is 10.1. The van der Waals surface area contributed by atoms with Crippen molar-refractivity contribution in [3.8, 4) is 0 Å². The Kier molecular flexibility index (Phi) is 2.86. The van der Waals surface area contributed by atoms with E-state index in [9.17, 15) is 18.0 Å². The van der Waals surface area contributed by atoms with Crippen LogP contribution in [0.3, 0.4) is 0 Å². The summed E-state index contributed by atoms with van der Waals surface area (Å²) in [6, 6.07) is 3.27. The fourth-order valence-electron chi connectivity index (χ4n) is 2.44. The van der Waals surface area contributed by atoms with Crippen molar-refractivity contribution in [3.63, 3.8) is 0 Å². The van der Waals surface area contributed by atoms with Gasteiger partial charge in [-0.15, -0.1) is 0 Å². The lowest BCUT2D eigenvalue weighted by Crippen LogP contribution is -2.15. The average Bonchev–Trinajstić information content (AvgIpc) is 2.89. The van der Waals surface area contributed by atoms with Crippen LogP contribution in [0, 0.1) is 4.77 Å². The third-order valence-corrected chi connectivity index (χ3v) is 3.66. The number of alkyl halides is 3. The minimum Gasteiger partial charge on any atom is -0.354 e. The maximum Gasteiger partial charge on any atom is 0.416 e. The number of amides is 1. The van der Waals surface area contributed by atoms with E-state index in [1.54, 1.807) is 4.57 Å². The molecule has 1 aliphatic heterocycles. The van der Waals surface area contributed by atoms with E-state index in [0.717, 1.165) is 12.1 Å². The summed E-state index contributed by atoms with van der Waals surface area (Å²) in [7, 11) is 0. The average molecular weight is 301 g/mol. The number of nitrogens with zero attached hydrogens (tertiary/aromatic N) is 1. The molecule has 1 fully saturated rings. The SMILES string of the molecule is O=C1CC(n2c(=S)[nH]c3cc(C(F)(F)F)ccc32)CN1. The first-order valence-corrected chi connectivity index (χ1v) is 6.35.